The number of hydrogen-bond donors (Lipinski definition) is 2. The molecule has 10 heteroatoms. The maximum absolute atomic E-state index is 6.33. The number of aromatic nitrogens is 1. The Balaban J connectivity index is 0.982. The van der Waals surface area contributed by atoms with E-state index in [0.717, 1.165) is 36.2 Å². The molecule has 3 aliphatic heterocycles. The van der Waals surface area contributed by atoms with Gasteiger partial charge in [0, 0.05) is 41.9 Å². The van der Waals surface area contributed by atoms with Gasteiger partial charge in [-0.15, -0.1) is 0 Å². The average molecular weight is 558 g/mol. The summed E-state index contributed by atoms with van der Waals surface area (Å²) in [5, 5.41) is 8.73. The monoisotopic (exact) mass is 557 g/mol. The van der Waals surface area contributed by atoms with Gasteiger partial charge in [0.05, 0.1) is 18.2 Å². The Bertz CT molecular complexity index is 1270. The quantitative estimate of drug-likeness (QED) is 0.441. The van der Waals surface area contributed by atoms with Crippen LogP contribution in [0.4, 0.5) is 5.69 Å². The lowest BCUT2D eigenvalue weighted by Gasteiger charge is -2.43. The predicted molar refractivity (Wildman–Crippen MR) is 148 cm³/mol. The lowest BCUT2D eigenvalue weighted by molar-refractivity contribution is -0.348. The Morgan fingerprint density at radius 3 is 2.67 bits per heavy atom. The van der Waals surface area contributed by atoms with Crippen LogP contribution in [-0.2, 0) is 28.4 Å². The zero-order valence-corrected chi connectivity index (χ0v) is 23.4. The van der Waals surface area contributed by atoms with E-state index in [1.165, 1.54) is 5.57 Å². The number of pyridine rings is 1. The van der Waals surface area contributed by atoms with Crippen molar-refractivity contribution >= 4 is 28.2 Å². The van der Waals surface area contributed by atoms with E-state index in [9.17, 15) is 0 Å². The second-order valence-corrected chi connectivity index (χ2v) is 11.6. The number of rotatable bonds is 9. The first kappa shape index (κ1) is 27.1. The Morgan fingerprint density at radius 1 is 0.974 bits per heavy atom. The van der Waals surface area contributed by atoms with Gasteiger partial charge in [-0.1, -0.05) is 29.8 Å². The Hall–Kier alpha value is -2.08. The molecule has 3 fully saturated rings. The molecule has 4 aliphatic rings. The van der Waals surface area contributed by atoms with E-state index >= 15 is 0 Å². The SMILES string of the molecule is CC1(C)O[C@H]2O[C@@H]3C(COC4C=CC=C4CNCCNc4ccnc5cc(Cl)ccc45)OC(C)(C)O[C@H]3[C@H]2O1. The highest BCUT2D eigenvalue weighted by molar-refractivity contribution is 6.31. The highest BCUT2D eigenvalue weighted by atomic mass is 35.5. The molecule has 1 aromatic heterocycles. The fourth-order valence-corrected chi connectivity index (χ4v) is 5.83. The van der Waals surface area contributed by atoms with Crippen molar-refractivity contribution in [1.29, 1.82) is 0 Å². The van der Waals surface area contributed by atoms with E-state index in [-0.39, 0.29) is 30.5 Å². The number of hydrogen-bond acceptors (Lipinski definition) is 9. The van der Waals surface area contributed by atoms with Crippen LogP contribution in [0.5, 0.6) is 0 Å². The molecule has 0 bridgehead atoms. The molecule has 2 aromatic rings. The highest BCUT2D eigenvalue weighted by Gasteiger charge is 2.61. The Morgan fingerprint density at radius 2 is 1.79 bits per heavy atom. The molecule has 3 saturated heterocycles. The summed E-state index contributed by atoms with van der Waals surface area (Å²) in [4.78, 5) is 4.40. The number of anilines is 1. The summed E-state index contributed by atoms with van der Waals surface area (Å²) in [6, 6.07) is 7.73. The van der Waals surface area contributed by atoms with Crippen molar-refractivity contribution in [2.24, 2.45) is 0 Å². The largest absolute Gasteiger partial charge is 0.383 e. The molecular formula is C29H36ClN3O6. The van der Waals surface area contributed by atoms with Gasteiger partial charge in [0.2, 0.25) is 0 Å². The summed E-state index contributed by atoms with van der Waals surface area (Å²) in [5.74, 6) is -1.48. The third kappa shape index (κ3) is 5.87. The summed E-state index contributed by atoms with van der Waals surface area (Å²) >= 11 is 6.10. The zero-order chi connectivity index (χ0) is 27.2. The van der Waals surface area contributed by atoms with Gasteiger partial charge >= 0.3 is 0 Å². The normalized spacial score (nSPS) is 32.3. The summed E-state index contributed by atoms with van der Waals surface area (Å²) in [6.07, 6.45) is 6.17. The number of halogens is 1. The van der Waals surface area contributed by atoms with E-state index in [1.807, 2.05) is 58.0 Å². The van der Waals surface area contributed by atoms with Crippen LogP contribution in [0.15, 0.2) is 54.3 Å². The van der Waals surface area contributed by atoms with Crippen LogP contribution in [-0.4, -0.2) is 79.6 Å². The molecule has 1 aliphatic carbocycles. The fraction of sp³-hybridized carbons (Fsp3) is 0.552. The number of fused-ring (bicyclic) bond motifs is 4. The number of benzene rings is 1. The molecule has 6 atom stereocenters. The average Bonchev–Trinajstić information content (AvgIpc) is 3.54. The van der Waals surface area contributed by atoms with Crippen molar-refractivity contribution < 1.29 is 28.4 Å². The molecule has 39 heavy (non-hydrogen) atoms. The number of ether oxygens (including phenoxy) is 6. The summed E-state index contributed by atoms with van der Waals surface area (Å²) < 4.78 is 37.0. The van der Waals surface area contributed by atoms with Crippen molar-refractivity contribution in [3.05, 3.63) is 59.3 Å². The first-order chi connectivity index (χ1) is 18.7. The van der Waals surface area contributed by atoms with Crippen molar-refractivity contribution in [3.63, 3.8) is 0 Å². The van der Waals surface area contributed by atoms with Crippen LogP contribution >= 0.6 is 11.6 Å². The van der Waals surface area contributed by atoms with Gasteiger partial charge < -0.3 is 39.1 Å². The van der Waals surface area contributed by atoms with Gasteiger partial charge in [0.15, 0.2) is 17.9 Å². The van der Waals surface area contributed by atoms with Gasteiger partial charge in [-0.05, 0) is 57.5 Å². The van der Waals surface area contributed by atoms with Crippen molar-refractivity contribution in [2.75, 3.05) is 31.6 Å². The van der Waals surface area contributed by atoms with Crippen molar-refractivity contribution in [1.82, 2.24) is 10.3 Å². The number of nitrogens with zero attached hydrogens (tertiary/aromatic N) is 1. The zero-order valence-electron chi connectivity index (χ0n) is 22.7. The first-order valence-corrected chi connectivity index (χ1v) is 13.9. The molecule has 2 unspecified atom stereocenters. The second-order valence-electron chi connectivity index (χ2n) is 11.2. The Labute approximate surface area is 233 Å². The molecule has 0 amide bonds. The third-order valence-electron chi connectivity index (χ3n) is 7.30. The van der Waals surface area contributed by atoms with Crippen molar-refractivity contribution in [3.8, 4) is 0 Å². The summed E-state index contributed by atoms with van der Waals surface area (Å²) in [5.41, 5.74) is 3.08. The molecule has 210 valence electrons. The van der Waals surface area contributed by atoms with Crippen LogP contribution in [0.1, 0.15) is 27.7 Å². The fourth-order valence-electron chi connectivity index (χ4n) is 5.67. The molecule has 0 radical (unpaired) electrons. The summed E-state index contributed by atoms with van der Waals surface area (Å²) in [7, 11) is 0. The number of nitrogens with one attached hydrogen (secondary N) is 2. The van der Waals surface area contributed by atoms with Crippen LogP contribution < -0.4 is 10.6 Å². The van der Waals surface area contributed by atoms with E-state index < -0.39 is 17.9 Å². The van der Waals surface area contributed by atoms with Crippen molar-refractivity contribution in [2.45, 2.75) is 76.1 Å². The molecule has 9 nitrogen and oxygen atoms in total. The van der Waals surface area contributed by atoms with Gasteiger partial charge in [0.1, 0.15) is 24.4 Å². The van der Waals surface area contributed by atoms with Crippen LogP contribution in [0, 0.1) is 0 Å². The molecule has 4 heterocycles. The smallest absolute Gasteiger partial charge is 0.190 e. The highest BCUT2D eigenvalue weighted by Crippen LogP contribution is 2.44. The molecule has 6 rings (SSSR count). The minimum atomic E-state index is -0.783. The third-order valence-corrected chi connectivity index (χ3v) is 7.54. The maximum atomic E-state index is 6.33. The second kappa shape index (κ2) is 10.7. The predicted octanol–water partition coefficient (Wildman–Crippen LogP) is 4.17. The van der Waals surface area contributed by atoms with Crippen LogP contribution in [0.3, 0.4) is 0 Å². The minimum absolute atomic E-state index is 0.125. The van der Waals surface area contributed by atoms with E-state index in [2.05, 4.69) is 27.8 Å². The minimum Gasteiger partial charge on any atom is -0.383 e. The molecule has 0 spiro atoms. The maximum Gasteiger partial charge on any atom is 0.190 e. The van der Waals surface area contributed by atoms with Crippen LogP contribution in [0.25, 0.3) is 10.9 Å². The van der Waals surface area contributed by atoms with E-state index in [0.29, 0.717) is 11.6 Å². The Kier molecular flexibility index (Phi) is 7.45. The van der Waals surface area contributed by atoms with Gasteiger partial charge in [-0.3, -0.25) is 4.98 Å². The number of allylic oxidation sites excluding steroid dienone is 2. The van der Waals surface area contributed by atoms with Gasteiger partial charge in [-0.2, -0.15) is 0 Å². The first-order valence-electron chi connectivity index (χ1n) is 13.5. The molecule has 2 N–H and O–H groups in total. The van der Waals surface area contributed by atoms with E-state index in [1.54, 1.807) is 6.20 Å². The lowest BCUT2D eigenvalue weighted by atomic mass is 10.0. The molecular weight excluding hydrogens is 522 g/mol. The topological polar surface area (TPSA) is 92.3 Å². The van der Waals surface area contributed by atoms with E-state index in [4.69, 9.17) is 40.0 Å². The molecule has 0 saturated carbocycles. The van der Waals surface area contributed by atoms with Crippen LogP contribution in [0.2, 0.25) is 5.02 Å². The van der Waals surface area contributed by atoms with Gasteiger partial charge in [-0.25, -0.2) is 0 Å². The standard InChI is InChI=1S/C29H36ClN3O6/c1-28(2)36-23(24-25(37-28)26-27(35-24)39-29(3,4)38-26)16-34-22-7-5-6-17(22)15-31-12-13-33-20-10-11-32-21-14-18(30)8-9-19(20)21/h5-11,14,22-27,31H,12-13,15-16H2,1-4H3,(H,32,33)/t22?,23?,24-,25-,26-,27-/m1/s1. The van der Waals surface area contributed by atoms with Gasteiger partial charge in [0.25, 0.3) is 0 Å². The summed E-state index contributed by atoms with van der Waals surface area (Å²) in [6.45, 7) is 10.2. The lowest BCUT2D eigenvalue weighted by Crippen LogP contribution is -2.57. The molecule has 1 aromatic carbocycles.